The van der Waals surface area contributed by atoms with E-state index in [-0.39, 0.29) is 6.61 Å². The third kappa shape index (κ3) is 2.18. The molecule has 1 fully saturated rings. The molecule has 2 aliphatic carbocycles. The van der Waals surface area contributed by atoms with E-state index in [2.05, 4.69) is 6.08 Å². The van der Waals surface area contributed by atoms with E-state index < -0.39 is 0 Å². The lowest BCUT2D eigenvalue weighted by atomic mass is 9.76. The summed E-state index contributed by atoms with van der Waals surface area (Å²) < 4.78 is 5.71. The van der Waals surface area contributed by atoms with E-state index in [0.717, 1.165) is 6.42 Å². The molecule has 0 spiro atoms. The number of ether oxygens (including phenoxy) is 1. The Labute approximate surface area is 86.0 Å². The smallest absolute Gasteiger partial charge is 0.0701 e. The fraction of sp³-hybridized carbons (Fsp3) is 0.833. The quantitative estimate of drug-likeness (QED) is 0.702. The van der Waals surface area contributed by atoms with Crippen LogP contribution < -0.4 is 0 Å². The first-order valence-corrected chi connectivity index (χ1v) is 5.83. The molecule has 0 bridgehead atoms. The van der Waals surface area contributed by atoms with Crippen LogP contribution in [-0.2, 0) is 4.74 Å². The summed E-state index contributed by atoms with van der Waals surface area (Å²) in [6.45, 7) is 0.663. The van der Waals surface area contributed by atoms with Crippen molar-refractivity contribution in [3.8, 4) is 0 Å². The van der Waals surface area contributed by atoms with Gasteiger partial charge < -0.3 is 9.84 Å². The van der Waals surface area contributed by atoms with Crippen LogP contribution in [0.3, 0.4) is 0 Å². The maximum atomic E-state index is 8.75. The SMILES string of the molecule is OCCO[C@H]1CCC=C2CCCCC21. The predicted molar refractivity (Wildman–Crippen MR) is 56.1 cm³/mol. The van der Waals surface area contributed by atoms with E-state index in [1.807, 2.05) is 0 Å². The van der Waals surface area contributed by atoms with Crippen molar-refractivity contribution in [1.82, 2.24) is 0 Å². The van der Waals surface area contributed by atoms with Gasteiger partial charge in [0.05, 0.1) is 19.3 Å². The third-order valence-corrected chi connectivity index (χ3v) is 3.44. The second-order valence-corrected chi connectivity index (χ2v) is 4.34. The normalized spacial score (nSPS) is 32.2. The van der Waals surface area contributed by atoms with Crippen LogP contribution in [0.25, 0.3) is 0 Å². The molecule has 0 aromatic rings. The van der Waals surface area contributed by atoms with E-state index in [0.29, 0.717) is 18.6 Å². The van der Waals surface area contributed by atoms with E-state index in [1.165, 1.54) is 32.1 Å². The zero-order valence-corrected chi connectivity index (χ0v) is 8.74. The maximum absolute atomic E-state index is 8.75. The van der Waals surface area contributed by atoms with Gasteiger partial charge in [-0.2, -0.15) is 0 Å². The summed E-state index contributed by atoms with van der Waals surface area (Å²) in [4.78, 5) is 0. The molecular weight excluding hydrogens is 176 g/mol. The molecule has 0 radical (unpaired) electrons. The van der Waals surface area contributed by atoms with Gasteiger partial charge in [0.1, 0.15) is 0 Å². The number of allylic oxidation sites excluding steroid dienone is 1. The Morgan fingerprint density at radius 2 is 2.29 bits per heavy atom. The molecule has 0 aromatic carbocycles. The van der Waals surface area contributed by atoms with Crippen LogP contribution >= 0.6 is 0 Å². The fourth-order valence-electron chi connectivity index (χ4n) is 2.78. The minimum absolute atomic E-state index is 0.155. The lowest BCUT2D eigenvalue weighted by Crippen LogP contribution is -2.31. The largest absolute Gasteiger partial charge is 0.394 e. The number of aliphatic hydroxyl groups excluding tert-OH is 1. The Morgan fingerprint density at radius 1 is 1.36 bits per heavy atom. The first-order chi connectivity index (χ1) is 6.92. The minimum Gasteiger partial charge on any atom is -0.394 e. The molecule has 2 rings (SSSR count). The van der Waals surface area contributed by atoms with Crippen molar-refractivity contribution in [2.45, 2.75) is 44.6 Å². The van der Waals surface area contributed by atoms with Gasteiger partial charge in [0.15, 0.2) is 0 Å². The standard InChI is InChI=1S/C12H20O2/c13-8-9-14-12-7-3-5-10-4-1-2-6-11(10)12/h5,11-13H,1-4,6-9H2/t11?,12-/m0/s1. The second-order valence-electron chi connectivity index (χ2n) is 4.34. The summed E-state index contributed by atoms with van der Waals surface area (Å²) in [5.74, 6) is 0.670. The van der Waals surface area contributed by atoms with Crippen LogP contribution in [0.1, 0.15) is 38.5 Å². The Bertz CT molecular complexity index is 210. The van der Waals surface area contributed by atoms with Crippen molar-refractivity contribution in [2.24, 2.45) is 5.92 Å². The van der Waals surface area contributed by atoms with Gasteiger partial charge in [0.25, 0.3) is 0 Å². The predicted octanol–water partition coefficient (Wildman–Crippen LogP) is 2.27. The van der Waals surface area contributed by atoms with Gasteiger partial charge in [0, 0.05) is 5.92 Å². The molecule has 1 N–H and O–H groups in total. The van der Waals surface area contributed by atoms with Crippen LogP contribution in [0.15, 0.2) is 11.6 Å². The molecule has 2 atom stereocenters. The van der Waals surface area contributed by atoms with Crippen molar-refractivity contribution in [1.29, 1.82) is 0 Å². The van der Waals surface area contributed by atoms with Crippen molar-refractivity contribution >= 4 is 0 Å². The van der Waals surface area contributed by atoms with Crippen molar-refractivity contribution in [2.75, 3.05) is 13.2 Å². The maximum Gasteiger partial charge on any atom is 0.0701 e. The van der Waals surface area contributed by atoms with Gasteiger partial charge in [-0.05, 0) is 32.1 Å². The molecule has 2 aliphatic rings. The topological polar surface area (TPSA) is 29.5 Å². The zero-order valence-electron chi connectivity index (χ0n) is 8.74. The highest BCUT2D eigenvalue weighted by Crippen LogP contribution is 2.37. The van der Waals surface area contributed by atoms with Gasteiger partial charge in [-0.25, -0.2) is 0 Å². The van der Waals surface area contributed by atoms with Crippen LogP contribution in [0.4, 0.5) is 0 Å². The lowest BCUT2D eigenvalue weighted by Gasteiger charge is -2.35. The summed E-state index contributed by atoms with van der Waals surface area (Å²) in [5, 5.41) is 8.75. The fourth-order valence-corrected chi connectivity index (χ4v) is 2.78. The monoisotopic (exact) mass is 196 g/mol. The van der Waals surface area contributed by atoms with Crippen molar-refractivity contribution < 1.29 is 9.84 Å². The summed E-state index contributed by atoms with van der Waals surface area (Å²) in [5.41, 5.74) is 1.63. The summed E-state index contributed by atoms with van der Waals surface area (Å²) in [7, 11) is 0. The number of aliphatic hydroxyl groups is 1. The van der Waals surface area contributed by atoms with Crippen LogP contribution in [0.2, 0.25) is 0 Å². The van der Waals surface area contributed by atoms with Crippen molar-refractivity contribution in [3.63, 3.8) is 0 Å². The van der Waals surface area contributed by atoms with Crippen LogP contribution in [-0.4, -0.2) is 24.4 Å². The molecule has 0 amide bonds. The number of rotatable bonds is 3. The van der Waals surface area contributed by atoms with E-state index in [1.54, 1.807) is 5.57 Å². The molecule has 0 saturated heterocycles. The van der Waals surface area contributed by atoms with Gasteiger partial charge in [-0.1, -0.05) is 18.1 Å². The van der Waals surface area contributed by atoms with Crippen molar-refractivity contribution in [3.05, 3.63) is 11.6 Å². The minimum atomic E-state index is 0.155. The summed E-state index contributed by atoms with van der Waals surface area (Å²) in [6.07, 6.45) is 10.4. The zero-order chi connectivity index (χ0) is 9.80. The first kappa shape index (κ1) is 10.2. The van der Waals surface area contributed by atoms with E-state index in [4.69, 9.17) is 9.84 Å². The number of hydrogen-bond donors (Lipinski definition) is 1. The molecule has 0 aliphatic heterocycles. The summed E-state index contributed by atoms with van der Waals surface area (Å²) >= 11 is 0. The average Bonchev–Trinajstić information content (AvgIpc) is 2.26. The highest BCUT2D eigenvalue weighted by molar-refractivity contribution is 5.14. The molecule has 2 nitrogen and oxygen atoms in total. The highest BCUT2D eigenvalue weighted by Gasteiger charge is 2.29. The summed E-state index contributed by atoms with van der Waals surface area (Å²) in [6, 6.07) is 0. The Kier molecular flexibility index (Phi) is 3.60. The van der Waals surface area contributed by atoms with Crippen LogP contribution in [0.5, 0.6) is 0 Å². The molecular formula is C12H20O2. The molecule has 80 valence electrons. The molecule has 0 aromatic heterocycles. The molecule has 0 heterocycles. The molecule has 2 heteroatoms. The van der Waals surface area contributed by atoms with E-state index >= 15 is 0 Å². The van der Waals surface area contributed by atoms with Gasteiger partial charge in [-0.3, -0.25) is 0 Å². The van der Waals surface area contributed by atoms with E-state index in [9.17, 15) is 0 Å². The van der Waals surface area contributed by atoms with Gasteiger partial charge >= 0.3 is 0 Å². The Hall–Kier alpha value is -0.340. The van der Waals surface area contributed by atoms with Crippen LogP contribution in [0, 0.1) is 5.92 Å². The first-order valence-electron chi connectivity index (χ1n) is 5.83. The number of hydrogen-bond acceptors (Lipinski definition) is 2. The molecule has 1 unspecified atom stereocenters. The Balaban J connectivity index is 1.95. The molecule has 14 heavy (non-hydrogen) atoms. The average molecular weight is 196 g/mol. The van der Waals surface area contributed by atoms with Gasteiger partial charge in [0.2, 0.25) is 0 Å². The third-order valence-electron chi connectivity index (χ3n) is 3.44. The lowest BCUT2D eigenvalue weighted by molar-refractivity contribution is -0.0100. The number of fused-ring (bicyclic) bond motifs is 1. The highest BCUT2D eigenvalue weighted by atomic mass is 16.5. The Morgan fingerprint density at radius 3 is 3.14 bits per heavy atom. The molecule has 1 saturated carbocycles. The second kappa shape index (κ2) is 4.94. The van der Waals surface area contributed by atoms with Gasteiger partial charge in [-0.15, -0.1) is 0 Å².